The average molecular weight is 628 g/mol. The summed E-state index contributed by atoms with van der Waals surface area (Å²) in [5.74, 6) is 0.702. The van der Waals surface area contributed by atoms with Gasteiger partial charge in [0, 0.05) is 27.1 Å². The molecular formula is C31H29Cl2FN4O3S. The lowest BCUT2D eigenvalue weighted by atomic mass is 9.95. The molecule has 1 aliphatic rings. The molecule has 1 aromatic heterocycles. The Morgan fingerprint density at radius 2 is 1.93 bits per heavy atom. The second-order valence-electron chi connectivity index (χ2n) is 9.70. The number of rotatable bonds is 11. The van der Waals surface area contributed by atoms with Gasteiger partial charge in [0.05, 0.1) is 12.2 Å². The van der Waals surface area contributed by atoms with Gasteiger partial charge in [0.1, 0.15) is 24.2 Å². The number of anilines is 1. The predicted octanol–water partition coefficient (Wildman–Crippen LogP) is 8.23. The van der Waals surface area contributed by atoms with Crippen molar-refractivity contribution in [1.82, 2.24) is 14.8 Å². The number of nitrogens with one attached hydrogen (secondary N) is 1. The number of ether oxygens (including phenoxy) is 2. The van der Waals surface area contributed by atoms with Gasteiger partial charge in [-0.15, -0.1) is 5.10 Å². The highest BCUT2D eigenvalue weighted by Crippen LogP contribution is 2.38. The third-order valence-corrected chi connectivity index (χ3v) is 8.16. The number of fused-ring (bicyclic) bond motifs is 1. The van der Waals surface area contributed by atoms with Gasteiger partial charge in [0.2, 0.25) is 11.1 Å². The largest absolute Gasteiger partial charge is 0.489 e. The van der Waals surface area contributed by atoms with Crippen LogP contribution in [0.5, 0.6) is 5.75 Å². The van der Waals surface area contributed by atoms with Crippen LogP contribution in [0.25, 0.3) is 0 Å². The number of esters is 1. The number of hydrogen-bond donors (Lipinski definition) is 1. The van der Waals surface area contributed by atoms with Gasteiger partial charge >= 0.3 is 5.97 Å². The first kappa shape index (κ1) is 29.9. The molecule has 2 heterocycles. The van der Waals surface area contributed by atoms with Crippen molar-refractivity contribution >= 4 is 46.9 Å². The predicted molar refractivity (Wildman–Crippen MR) is 164 cm³/mol. The second kappa shape index (κ2) is 13.6. The molecule has 0 saturated carbocycles. The van der Waals surface area contributed by atoms with Crippen molar-refractivity contribution in [1.29, 1.82) is 0 Å². The first-order valence-corrected chi connectivity index (χ1v) is 15.2. The molecule has 0 radical (unpaired) electrons. The minimum absolute atomic E-state index is 0.234. The van der Waals surface area contributed by atoms with E-state index in [2.05, 4.69) is 10.3 Å². The summed E-state index contributed by atoms with van der Waals surface area (Å²) >= 11 is 13.7. The molecule has 0 aliphatic carbocycles. The van der Waals surface area contributed by atoms with E-state index in [-0.39, 0.29) is 12.4 Å². The van der Waals surface area contributed by atoms with Gasteiger partial charge in [-0.05, 0) is 54.8 Å². The number of thioether (sulfide) groups is 1. The summed E-state index contributed by atoms with van der Waals surface area (Å²) in [4.78, 5) is 18.1. The highest BCUT2D eigenvalue weighted by Gasteiger charge is 2.35. The van der Waals surface area contributed by atoms with E-state index in [0.717, 1.165) is 24.0 Å². The summed E-state index contributed by atoms with van der Waals surface area (Å²) in [5, 5.41) is 9.45. The standard InChI is InChI=1S/C31H29Cl2FN4O3S/c1-3-4-14-40-29(39)27-19(2)35-30-36-31(42-18-22-8-5-6-11-26(22)34)37-38(30)28(27)20-9-7-10-24(15-20)41-17-21-12-13-23(32)16-25(21)33/h5-13,15-16,28H,3-4,14,17-18H2,1-2H3,(H,35,36,37). The van der Waals surface area contributed by atoms with Crippen LogP contribution in [-0.4, -0.2) is 27.3 Å². The molecule has 5 rings (SSSR count). The zero-order valence-corrected chi connectivity index (χ0v) is 25.4. The van der Waals surface area contributed by atoms with Crippen LogP contribution in [0, 0.1) is 5.82 Å². The van der Waals surface area contributed by atoms with Crippen LogP contribution in [0.3, 0.4) is 0 Å². The second-order valence-corrected chi connectivity index (χ2v) is 11.5. The van der Waals surface area contributed by atoms with E-state index in [1.807, 2.05) is 44.2 Å². The molecule has 0 spiro atoms. The van der Waals surface area contributed by atoms with Crippen LogP contribution < -0.4 is 10.1 Å². The Balaban J connectivity index is 1.45. The number of hydrogen-bond acceptors (Lipinski definition) is 7. The summed E-state index contributed by atoms with van der Waals surface area (Å²) in [7, 11) is 0. The third-order valence-electron chi connectivity index (χ3n) is 6.68. The van der Waals surface area contributed by atoms with E-state index in [1.165, 1.54) is 17.8 Å². The minimum Gasteiger partial charge on any atom is -0.489 e. The smallest absolute Gasteiger partial charge is 0.338 e. The fraction of sp³-hybridized carbons (Fsp3) is 0.258. The third kappa shape index (κ3) is 6.91. The maximum absolute atomic E-state index is 14.2. The Labute approximate surface area is 258 Å². The van der Waals surface area contributed by atoms with Crippen LogP contribution in [0.15, 0.2) is 83.2 Å². The van der Waals surface area contributed by atoms with Gasteiger partial charge in [0.25, 0.3) is 0 Å². The lowest BCUT2D eigenvalue weighted by molar-refractivity contribution is -0.139. The van der Waals surface area contributed by atoms with Crippen molar-refractivity contribution in [3.05, 3.63) is 111 Å². The molecule has 1 unspecified atom stereocenters. The van der Waals surface area contributed by atoms with Gasteiger partial charge in [-0.1, -0.05) is 84.7 Å². The molecular weight excluding hydrogens is 598 g/mol. The van der Waals surface area contributed by atoms with Crippen LogP contribution >= 0.6 is 35.0 Å². The zero-order chi connectivity index (χ0) is 29.6. The normalized spacial score (nSPS) is 14.4. The van der Waals surface area contributed by atoms with Crippen LogP contribution in [-0.2, 0) is 21.9 Å². The monoisotopic (exact) mass is 626 g/mol. The van der Waals surface area contributed by atoms with Crippen molar-refractivity contribution in [2.75, 3.05) is 11.9 Å². The van der Waals surface area contributed by atoms with E-state index >= 15 is 0 Å². The van der Waals surface area contributed by atoms with E-state index in [4.69, 9.17) is 37.8 Å². The highest BCUT2D eigenvalue weighted by molar-refractivity contribution is 7.98. The van der Waals surface area contributed by atoms with Gasteiger partial charge in [0.15, 0.2) is 0 Å². The van der Waals surface area contributed by atoms with E-state index < -0.39 is 12.0 Å². The zero-order valence-electron chi connectivity index (χ0n) is 23.1. The number of carbonyl (C=O) groups excluding carboxylic acids is 1. The molecule has 0 fully saturated rings. The molecule has 0 amide bonds. The maximum atomic E-state index is 14.2. The lowest BCUT2D eigenvalue weighted by Gasteiger charge is -2.28. The van der Waals surface area contributed by atoms with Crippen LogP contribution in [0.1, 0.15) is 49.4 Å². The molecule has 42 heavy (non-hydrogen) atoms. The maximum Gasteiger partial charge on any atom is 0.338 e. The van der Waals surface area contributed by atoms with E-state index in [1.54, 1.807) is 35.0 Å². The number of aromatic nitrogens is 3. The van der Waals surface area contributed by atoms with Crippen LogP contribution in [0.4, 0.5) is 10.3 Å². The average Bonchev–Trinajstić information content (AvgIpc) is 3.38. The Morgan fingerprint density at radius 1 is 1.10 bits per heavy atom. The number of nitrogens with zero attached hydrogens (tertiary/aromatic N) is 3. The molecule has 218 valence electrons. The topological polar surface area (TPSA) is 78.3 Å². The van der Waals surface area contributed by atoms with Crippen molar-refractivity contribution in [3.8, 4) is 5.75 Å². The number of halogens is 3. The van der Waals surface area contributed by atoms with Crippen molar-refractivity contribution in [2.24, 2.45) is 0 Å². The SMILES string of the molecule is CCCCOC(=O)C1=C(C)Nc2nc(SCc3ccccc3F)nn2C1c1cccc(OCc2ccc(Cl)cc2Cl)c1. The Kier molecular flexibility index (Phi) is 9.72. The van der Waals surface area contributed by atoms with Crippen molar-refractivity contribution in [3.63, 3.8) is 0 Å². The molecule has 7 nitrogen and oxygen atoms in total. The Morgan fingerprint density at radius 3 is 2.71 bits per heavy atom. The van der Waals surface area contributed by atoms with Gasteiger partial charge in [-0.3, -0.25) is 0 Å². The van der Waals surface area contributed by atoms with E-state index in [0.29, 0.717) is 56.1 Å². The fourth-order valence-corrected chi connectivity index (χ4v) is 5.76. The summed E-state index contributed by atoms with van der Waals surface area (Å²) < 4.78 is 27.6. The Bertz CT molecular complexity index is 1630. The van der Waals surface area contributed by atoms with Crippen LogP contribution in [0.2, 0.25) is 10.0 Å². The van der Waals surface area contributed by atoms with Gasteiger partial charge in [-0.25, -0.2) is 13.9 Å². The number of allylic oxidation sites excluding steroid dienone is 1. The van der Waals surface area contributed by atoms with E-state index in [9.17, 15) is 9.18 Å². The number of carbonyl (C=O) groups is 1. The molecule has 11 heteroatoms. The summed E-state index contributed by atoms with van der Waals surface area (Å²) in [6.45, 7) is 4.40. The van der Waals surface area contributed by atoms with Gasteiger partial charge in [-0.2, -0.15) is 4.98 Å². The highest BCUT2D eigenvalue weighted by atomic mass is 35.5. The summed E-state index contributed by atoms with van der Waals surface area (Å²) in [6.07, 6.45) is 1.66. The number of benzene rings is 3. The molecule has 1 aliphatic heterocycles. The minimum atomic E-state index is -0.631. The quantitative estimate of drug-likeness (QED) is 0.102. The Hall–Kier alpha value is -3.53. The first-order chi connectivity index (χ1) is 20.3. The lowest BCUT2D eigenvalue weighted by Crippen LogP contribution is -2.29. The first-order valence-electron chi connectivity index (χ1n) is 13.5. The molecule has 4 aromatic rings. The molecule has 0 bridgehead atoms. The molecule has 1 atom stereocenters. The molecule has 1 N–H and O–H groups in total. The fourth-order valence-electron chi connectivity index (χ4n) is 4.48. The number of unbranched alkanes of at least 4 members (excludes halogenated alkanes) is 1. The summed E-state index contributed by atoms with van der Waals surface area (Å²) in [6, 6.07) is 18.7. The molecule has 3 aromatic carbocycles. The van der Waals surface area contributed by atoms with Crippen molar-refractivity contribution in [2.45, 2.75) is 50.2 Å². The van der Waals surface area contributed by atoms with Gasteiger partial charge < -0.3 is 14.8 Å². The summed E-state index contributed by atoms with van der Waals surface area (Å²) in [5.41, 5.74) is 3.15. The molecule has 0 saturated heterocycles. The van der Waals surface area contributed by atoms with Crippen molar-refractivity contribution < 1.29 is 18.7 Å².